The van der Waals surface area contributed by atoms with E-state index in [-0.39, 0.29) is 6.42 Å². The number of tetrazole rings is 1. The maximum atomic E-state index is 10.4. The van der Waals surface area contributed by atoms with Gasteiger partial charge in [-0.1, -0.05) is 24.6 Å². The van der Waals surface area contributed by atoms with E-state index in [9.17, 15) is 4.79 Å². The number of aliphatic carboxylic acids is 1. The second-order valence-corrected chi connectivity index (χ2v) is 4.62. The van der Waals surface area contributed by atoms with Crippen molar-refractivity contribution < 1.29 is 14.6 Å². The fraction of sp³-hybridized carbons (Fsp3) is 0.429. The van der Waals surface area contributed by atoms with Gasteiger partial charge >= 0.3 is 5.97 Å². The second kappa shape index (κ2) is 7.98. The fourth-order valence-corrected chi connectivity index (χ4v) is 1.88. The van der Waals surface area contributed by atoms with E-state index in [1.807, 2.05) is 30.3 Å². The normalized spacial score (nSPS) is 10.5. The quantitative estimate of drug-likeness (QED) is 0.709. The molecule has 0 aliphatic heterocycles. The Morgan fingerprint density at radius 1 is 1.19 bits per heavy atom. The van der Waals surface area contributed by atoms with Crippen molar-refractivity contribution in [2.24, 2.45) is 0 Å². The second-order valence-electron chi connectivity index (χ2n) is 4.62. The molecule has 1 N–H and O–H groups in total. The van der Waals surface area contributed by atoms with E-state index >= 15 is 0 Å². The van der Waals surface area contributed by atoms with Crippen LogP contribution in [0.3, 0.4) is 0 Å². The highest BCUT2D eigenvalue weighted by Gasteiger charge is 2.07. The van der Waals surface area contributed by atoms with Gasteiger partial charge in [-0.25, -0.2) is 4.68 Å². The minimum atomic E-state index is -0.755. The van der Waals surface area contributed by atoms with Gasteiger partial charge in [-0.3, -0.25) is 4.79 Å². The van der Waals surface area contributed by atoms with E-state index in [4.69, 9.17) is 9.84 Å². The summed E-state index contributed by atoms with van der Waals surface area (Å²) in [5.41, 5.74) is 0. The molecule has 0 bridgehead atoms. The minimum absolute atomic E-state index is 0.208. The van der Waals surface area contributed by atoms with Crippen molar-refractivity contribution in [3.8, 4) is 5.75 Å². The zero-order valence-electron chi connectivity index (χ0n) is 11.7. The molecule has 7 nitrogen and oxygen atoms in total. The van der Waals surface area contributed by atoms with Crippen LogP contribution in [-0.4, -0.2) is 31.3 Å². The van der Waals surface area contributed by atoms with Crippen molar-refractivity contribution in [1.29, 1.82) is 0 Å². The molecule has 0 unspecified atom stereocenters. The van der Waals surface area contributed by atoms with Crippen molar-refractivity contribution >= 4 is 5.97 Å². The third kappa shape index (κ3) is 5.21. The summed E-state index contributed by atoms with van der Waals surface area (Å²) in [5, 5.41) is 20.1. The average molecular weight is 290 g/mol. The standard InChI is InChI=1S/C14H18N4O3/c19-14(20)9-5-2-6-10-18-13(15-16-17-18)11-21-12-7-3-1-4-8-12/h1,3-4,7-8H,2,5-6,9-11H2,(H,19,20). The first kappa shape index (κ1) is 15.0. The number of carbonyl (C=O) groups is 1. The van der Waals surface area contributed by atoms with E-state index in [0.29, 0.717) is 25.4 Å². The van der Waals surface area contributed by atoms with Crippen LogP contribution in [0.5, 0.6) is 5.75 Å². The number of carboxylic acid groups (broad SMARTS) is 1. The Balaban J connectivity index is 1.75. The Kier molecular flexibility index (Phi) is 5.69. The van der Waals surface area contributed by atoms with Crippen LogP contribution < -0.4 is 4.74 Å². The molecule has 2 aromatic rings. The highest BCUT2D eigenvalue weighted by molar-refractivity contribution is 5.66. The van der Waals surface area contributed by atoms with Gasteiger partial charge in [0.05, 0.1) is 0 Å². The number of aromatic nitrogens is 4. The van der Waals surface area contributed by atoms with Gasteiger partial charge in [-0.2, -0.15) is 0 Å². The van der Waals surface area contributed by atoms with Gasteiger partial charge in [-0.15, -0.1) is 5.10 Å². The van der Waals surface area contributed by atoms with Crippen molar-refractivity contribution in [3.05, 3.63) is 36.2 Å². The largest absolute Gasteiger partial charge is 0.486 e. The number of hydrogen-bond donors (Lipinski definition) is 1. The molecular formula is C14H18N4O3. The van der Waals surface area contributed by atoms with Crippen LogP contribution in [0.15, 0.2) is 30.3 Å². The van der Waals surface area contributed by atoms with Gasteiger partial charge in [0.1, 0.15) is 12.4 Å². The SMILES string of the molecule is O=C(O)CCCCCn1nnnc1COc1ccccc1. The van der Waals surface area contributed by atoms with Crippen LogP contribution in [0.4, 0.5) is 0 Å². The van der Waals surface area contributed by atoms with Gasteiger partial charge in [0.2, 0.25) is 0 Å². The van der Waals surface area contributed by atoms with E-state index in [0.717, 1.165) is 18.6 Å². The molecule has 0 spiro atoms. The Hall–Kier alpha value is -2.44. The first-order valence-electron chi connectivity index (χ1n) is 6.90. The van der Waals surface area contributed by atoms with E-state index in [2.05, 4.69) is 15.5 Å². The highest BCUT2D eigenvalue weighted by atomic mass is 16.5. The lowest BCUT2D eigenvalue weighted by molar-refractivity contribution is -0.137. The van der Waals surface area contributed by atoms with Crippen molar-refractivity contribution in [2.45, 2.75) is 38.8 Å². The predicted molar refractivity (Wildman–Crippen MR) is 74.7 cm³/mol. The number of para-hydroxylation sites is 1. The maximum Gasteiger partial charge on any atom is 0.303 e. The summed E-state index contributed by atoms with van der Waals surface area (Å²) in [6.45, 7) is 0.978. The fourth-order valence-electron chi connectivity index (χ4n) is 1.88. The molecule has 0 aliphatic carbocycles. The third-order valence-electron chi connectivity index (χ3n) is 2.98. The zero-order valence-corrected chi connectivity index (χ0v) is 11.7. The number of carboxylic acids is 1. The number of rotatable bonds is 9. The number of unbranched alkanes of at least 4 members (excludes halogenated alkanes) is 2. The summed E-state index contributed by atoms with van der Waals surface area (Å²) in [5.74, 6) is 0.681. The van der Waals surface area contributed by atoms with E-state index in [1.165, 1.54) is 0 Å². The number of ether oxygens (including phenoxy) is 1. The topological polar surface area (TPSA) is 90.1 Å². The summed E-state index contributed by atoms with van der Waals surface area (Å²) in [6.07, 6.45) is 2.56. The van der Waals surface area contributed by atoms with Crippen molar-refractivity contribution in [1.82, 2.24) is 20.2 Å². The molecule has 0 fully saturated rings. The number of nitrogens with zero attached hydrogens (tertiary/aromatic N) is 4. The lowest BCUT2D eigenvalue weighted by atomic mass is 10.2. The lowest BCUT2D eigenvalue weighted by Crippen LogP contribution is -2.09. The molecule has 0 radical (unpaired) electrons. The Labute approximate surface area is 122 Å². The highest BCUT2D eigenvalue weighted by Crippen LogP contribution is 2.10. The van der Waals surface area contributed by atoms with Crippen LogP contribution in [0.2, 0.25) is 0 Å². The lowest BCUT2D eigenvalue weighted by Gasteiger charge is -2.06. The van der Waals surface area contributed by atoms with E-state index < -0.39 is 5.97 Å². The molecule has 0 saturated carbocycles. The number of hydrogen-bond acceptors (Lipinski definition) is 5. The Morgan fingerprint density at radius 2 is 2.00 bits per heavy atom. The van der Waals surface area contributed by atoms with Crippen molar-refractivity contribution in [2.75, 3.05) is 0 Å². The maximum absolute atomic E-state index is 10.4. The summed E-state index contributed by atoms with van der Waals surface area (Å²) in [6, 6.07) is 9.48. The molecule has 0 atom stereocenters. The average Bonchev–Trinajstić information content (AvgIpc) is 2.93. The first-order valence-corrected chi connectivity index (χ1v) is 6.90. The molecule has 0 saturated heterocycles. The van der Waals surface area contributed by atoms with Crippen LogP contribution in [0.25, 0.3) is 0 Å². The summed E-state index contributed by atoms with van der Waals surface area (Å²) >= 11 is 0. The van der Waals surface area contributed by atoms with Crippen LogP contribution in [0, 0.1) is 0 Å². The van der Waals surface area contributed by atoms with Crippen LogP contribution >= 0.6 is 0 Å². The molecule has 0 aliphatic rings. The van der Waals surface area contributed by atoms with Gasteiger partial charge < -0.3 is 9.84 Å². The molecular weight excluding hydrogens is 272 g/mol. The summed E-state index contributed by atoms with van der Waals surface area (Å²) < 4.78 is 7.31. The van der Waals surface area contributed by atoms with Gasteiger partial charge in [0.25, 0.3) is 0 Å². The van der Waals surface area contributed by atoms with Gasteiger partial charge in [0, 0.05) is 13.0 Å². The molecule has 1 heterocycles. The monoisotopic (exact) mass is 290 g/mol. The summed E-state index contributed by atoms with van der Waals surface area (Å²) in [4.78, 5) is 10.4. The van der Waals surface area contributed by atoms with Crippen LogP contribution in [-0.2, 0) is 17.9 Å². The third-order valence-corrected chi connectivity index (χ3v) is 2.98. The molecule has 1 aromatic heterocycles. The predicted octanol–water partition coefficient (Wildman–Crippen LogP) is 1.90. The summed E-state index contributed by atoms with van der Waals surface area (Å²) in [7, 11) is 0. The smallest absolute Gasteiger partial charge is 0.303 e. The van der Waals surface area contributed by atoms with Gasteiger partial charge in [-0.05, 0) is 35.4 Å². The first-order chi connectivity index (χ1) is 10.3. The molecule has 1 aromatic carbocycles. The minimum Gasteiger partial charge on any atom is -0.486 e. The molecule has 7 heteroatoms. The van der Waals surface area contributed by atoms with Crippen LogP contribution in [0.1, 0.15) is 31.5 Å². The molecule has 0 amide bonds. The molecule has 21 heavy (non-hydrogen) atoms. The van der Waals surface area contributed by atoms with Crippen molar-refractivity contribution in [3.63, 3.8) is 0 Å². The molecule has 112 valence electrons. The zero-order chi connectivity index (χ0) is 14.9. The van der Waals surface area contributed by atoms with E-state index in [1.54, 1.807) is 4.68 Å². The molecule has 2 rings (SSSR count). The Bertz CT molecular complexity index is 556. The number of aryl methyl sites for hydroxylation is 1. The Morgan fingerprint density at radius 3 is 2.76 bits per heavy atom. The number of benzene rings is 1. The van der Waals surface area contributed by atoms with Gasteiger partial charge in [0.15, 0.2) is 5.82 Å².